The molecule has 7 rings (SSSR count). The highest BCUT2D eigenvalue weighted by molar-refractivity contribution is 6.19. The van der Waals surface area contributed by atoms with Gasteiger partial charge in [-0.2, -0.15) is 0 Å². The molecule has 0 saturated heterocycles. The van der Waals surface area contributed by atoms with Crippen LogP contribution in [0.4, 0.5) is 0 Å². The van der Waals surface area contributed by atoms with E-state index in [4.69, 9.17) is 5.73 Å². The summed E-state index contributed by atoms with van der Waals surface area (Å²) in [4.78, 5) is 0. The minimum atomic E-state index is 0.158. The number of aromatic nitrogens is 1. The first-order valence-electron chi connectivity index (χ1n) is 14.1. The molecule has 1 atom stereocenters. The van der Waals surface area contributed by atoms with Crippen molar-refractivity contribution in [2.24, 2.45) is 5.73 Å². The third-order valence-electron chi connectivity index (χ3n) is 8.04. The number of hydrogen-bond acceptors (Lipinski definition) is 2. The highest BCUT2D eigenvalue weighted by Crippen LogP contribution is 2.39. The van der Waals surface area contributed by atoms with Gasteiger partial charge in [0.1, 0.15) is 0 Å². The Morgan fingerprint density at radius 3 is 2.41 bits per heavy atom. The highest BCUT2D eigenvalue weighted by Gasteiger charge is 2.18. The molecule has 0 spiro atoms. The fourth-order valence-corrected chi connectivity index (χ4v) is 6.07. The first-order valence-corrected chi connectivity index (χ1v) is 14.1. The smallest absolute Gasteiger partial charge is 0.0696 e. The van der Waals surface area contributed by atoms with Gasteiger partial charge in [-0.1, -0.05) is 91.0 Å². The summed E-state index contributed by atoms with van der Waals surface area (Å²) in [6, 6.07) is 37.8. The predicted molar refractivity (Wildman–Crippen MR) is 175 cm³/mol. The van der Waals surface area contributed by atoms with Crippen LogP contribution in [0.25, 0.3) is 55.0 Å². The maximum absolute atomic E-state index is 5.70. The monoisotopic (exact) mass is 529 g/mol. The second-order valence-corrected chi connectivity index (χ2v) is 10.4. The van der Waals surface area contributed by atoms with Gasteiger partial charge in [0.15, 0.2) is 0 Å². The second kappa shape index (κ2) is 10.4. The molecule has 0 amide bonds. The lowest BCUT2D eigenvalue weighted by atomic mass is 9.96. The largest absolute Gasteiger partial charge is 0.405 e. The molecule has 0 fully saturated rings. The standard InChI is InChI=1S/C38H31N3/c1-2-26(20-21-39)27-9-8-10-28(23-27)29-14-17-33-30(24-29)15-19-35-34-18-16-31(36-13-6-7-22-40-36)25-37(34)41(38(33)35)32-11-4-3-5-12-32/h2-25,36,40H,39H2,1H3/b21-20-,26-2+. The molecule has 6 aromatic rings. The Bertz CT molecular complexity index is 2040. The van der Waals surface area contributed by atoms with Crippen LogP contribution < -0.4 is 11.1 Å². The third kappa shape index (κ3) is 4.32. The van der Waals surface area contributed by atoms with Gasteiger partial charge in [-0.3, -0.25) is 0 Å². The number of dihydropyridines is 1. The summed E-state index contributed by atoms with van der Waals surface area (Å²) in [6.45, 7) is 2.04. The number of fused-ring (bicyclic) bond motifs is 5. The maximum Gasteiger partial charge on any atom is 0.0696 e. The minimum absolute atomic E-state index is 0.158. The molecule has 0 aliphatic carbocycles. The molecule has 3 N–H and O–H groups in total. The van der Waals surface area contributed by atoms with Crippen LogP contribution in [-0.4, -0.2) is 4.57 Å². The SMILES string of the molecule is C/C=C(\C=C/N)c1cccc(-c2ccc3c(ccc4c5ccc(C6C=CC=CN6)cc5n(-c5ccccc5)c34)c2)c1. The van der Waals surface area contributed by atoms with Gasteiger partial charge in [0.25, 0.3) is 0 Å². The van der Waals surface area contributed by atoms with E-state index in [0.29, 0.717) is 0 Å². The summed E-state index contributed by atoms with van der Waals surface area (Å²) >= 11 is 0. The molecule has 1 aliphatic heterocycles. The van der Waals surface area contributed by atoms with E-state index in [1.807, 2.05) is 25.3 Å². The quantitative estimate of drug-likeness (QED) is 0.219. The molecule has 41 heavy (non-hydrogen) atoms. The van der Waals surface area contributed by atoms with Crippen molar-refractivity contribution in [2.75, 3.05) is 0 Å². The van der Waals surface area contributed by atoms with Crippen LogP contribution in [0.15, 0.2) is 146 Å². The van der Waals surface area contributed by atoms with Crippen LogP contribution in [-0.2, 0) is 0 Å². The molecule has 198 valence electrons. The van der Waals surface area contributed by atoms with Crippen molar-refractivity contribution in [3.8, 4) is 16.8 Å². The molecule has 2 heterocycles. The summed E-state index contributed by atoms with van der Waals surface area (Å²) in [5.41, 5.74) is 15.2. The van der Waals surface area contributed by atoms with E-state index in [2.05, 4.69) is 131 Å². The first-order chi connectivity index (χ1) is 20.2. The van der Waals surface area contributed by atoms with Crippen molar-refractivity contribution >= 4 is 38.2 Å². The van der Waals surface area contributed by atoms with Gasteiger partial charge in [-0.25, -0.2) is 0 Å². The van der Waals surface area contributed by atoms with Gasteiger partial charge in [0.2, 0.25) is 0 Å². The Morgan fingerprint density at radius 1 is 0.780 bits per heavy atom. The lowest BCUT2D eigenvalue weighted by Crippen LogP contribution is -2.14. The number of nitrogens with zero attached hydrogens (tertiary/aromatic N) is 1. The topological polar surface area (TPSA) is 43.0 Å². The number of hydrogen-bond donors (Lipinski definition) is 2. The number of rotatable bonds is 5. The second-order valence-electron chi connectivity index (χ2n) is 10.4. The lowest BCUT2D eigenvalue weighted by Gasteiger charge is -2.17. The van der Waals surface area contributed by atoms with Crippen LogP contribution in [0.5, 0.6) is 0 Å². The molecule has 0 saturated carbocycles. The normalized spacial score (nSPS) is 15.3. The summed E-state index contributed by atoms with van der Waals surface area (Å²) in [6.07, 6.45) is 14.0. The molecule has 3 nitrogen and oxygen atoms in total. The summed E-state index contributed by atoms with van der Waals surface area (Å²) in [5, 5.41) is 8.45. The van der Waals surface area contributed by atoms with Crippen LogP contribution in [0.2, 0.25) is 0 Å². The van der Waals surface area contributed by atoms with Crippen molar-refractivity contribution in [3.05, 3.63) is 157 Å². The predicted octanol–water partition coefficient (Wildman–Crippen LogP) is 9.19. The fourth-order valence-electron chi connectivity index (χ4n) is 6.07. The Hall–Kier alpha value is -5.28. The van der Waals surface area contributed by atoms with Crippen molar-refractivity contribution in [3.63, 3.8) is 0 Å². The van der Waals surface area contributed by atoms with Crippen LogP contribution in [0.3, 0.4) is 0 Å². The van der Waals surface area contributed by atoms with Crippen molar-refractivity contribution in [1.29, 1.82) is 0 Å². The van der Waals surface area contributed by atoms with E-state index in [0.717, 1.165) is 16.8 Å². The number of allylic oxidation sites excluding steroid dienone is 5. The van der Waals surface area contributed by atoms with Crippen LogP contribution in [0.1, 0.15) is 24.1 Å². The van der Waals surface area contributed by atoms with E-state index in [1.165, 1.54) is 49.3 Å². The zero-order chi connectivity index (χ0) is 27.8. The highest BCUT2D eigenvalue weighted by atomic mass is 15.0. The number of nitrogens with one attached hydrogen (secondary N) is 1. The Kier molecular flexibility index (Phi) is 6.25. The van der Waals surface area contributed by atoms with Gasteiger partial charge >= 0.3 is 0 Å². The average molecular weight is 530 g/mol. The van der Waals surface area contributed by atoms with Gasteiger partial charge in [-0.15, -0.1) is 0 Å². The van der Waals surface area contributed by atoms with E-state index in [-0.39, 0.29) is 6.04 Å². The van der Waals surface area contributed by atoms with Gasteiger partial charge in [0, 0.05) is 21.8 Å². The molecule has 1 aromatic heterocycles. The summed E-state index contributed by atoms with van der Waals surface area (Å²) < 4.78 is 2.43. The maximum atomic E-state index is 5.70. The molecule has 0 bridgehead atoms. The molecule has 5 aromatic carbocycles. The van der Waals surface area contributed by atoms with Crippen molar-refractivity contribution in [1.82, 2.24) is 9.88 Å². The Morgan fingerprint density at radius 2 is 1.61 bits per heavy atom. The third-order valence-corrected chi connectivity index (χ3v) is 8.04. The lowest BCUT2D eigenvalue weighted by molar-refractivity contribution is 0.747. The first kappa shape index (κ1) is 24.7. The fraction of sp³-hybridized carbons (Fsp3) is 0.0526. The van der Waals surface area contributed by atoms with E-state index >= 15 is 0 Å². The summed E-state index contributed by atoms with van der Waals surface area (Å²) in [5.74, 6) is 0. The molecular formula is C38H31N3. The number of nitrogens with two attached hydrogens (primary N) is 1. The minimum Gasteiger partial charge on any atom is -0.405 e. The zero-order valence-electron chi connectivity index (χ0n) is 23.0. The van der Waals surface area contributed by atoms with Crippen molar-refractivity contribution < 1.29 is 0 Å². The molecular weight excluding hydrogens is 498 g/mol. The van der Waals surface area contributed by atoms with E-state index < -0.39 is 0 Å². The van der Waals surface area contributed by atoms with Gasteiger partial charge < -0.3 is 15.6 Å². The number of para-hydroxylation sites is 1. The van der Waals surface area contributed by atoms with Gasteiger partial charge in [0.05, 0.1) is 17.1 Å². The van der Waals surface area contributed by atoms with Gasteiger partial charge in [-0.05, 0) is 95.0 Å². The molecule has 3 heteroatoms. The summed E-state index contributed by atoms with van der Waals surface area (Å²) in [7, 11) is 0. The Balaban J connectivity index is 1.44. The molecule has 1 aliphatic rings. The average Bonchev–Trinajstić information content (AvgIpc) is 3.38. The van der Waals surface area contributed by atoms with Crippen LogP contribution >= 0.6 is 0 Å². The Labute approximate surface area is 240 Å². The van der Waals surface area contributed by atoms with Crippen LogP contribution in [0, 0.1) is 0 Å². The zero-order valence-corrected chi connectivity index (χ0v) is 23.0. The number of benzene rings is 5. The molecule has 1 unspecified atom stereocenters. The van der Waals surface area contributed by atoms with E-state index in [9.17, 15) is 0 Å². The van der Waals surface area contributed by atoms with E-state index in [1.54, 1.807) is 6.20 Å². The van der Waals surface area contributed by atoms with Crippen molar-refractivity contribution in [2.45, 2.75) is 13.0 Å². The molecule has 0 radical (unpaired) electrons.